The molecule has 4 nitrogen and oxygen atoms in total. The largest absolute Gasteiger partial charge is 0.494 e. The highest BCUT2D eigenvalue weighted by Gasteiger charge is 2.35. The summed E-state index contributed by atoms with van der Waals surface area (Å²) in [7, 11) is 2.79. The number of methoxy groups -OCH3 is 2. The predicted octanol–water partition coefficient (Wildman–Crippen LogP) is 1.31. The van der Waals surface area contributed by atoms with Crippen molar-refractivity contribution in [3.8, 4) is 5.75 Å². The summed E-state index contributed by atoms with van der Waals surface area (Å²) in [4.78, 5) is 11.6. The fourth-order valence-electron chi connectivity index (χ4n) is 2.34. The molecular formula is C13H16FNO3. The van der Waals surface area contributed by atoms with Gasteiger partial charge in [-0.25, -0.2) is 4.39 Å². The standard InChI is InChI=1S/C13H16FNO3/c1-17-12-4-3-8(5-11(12)14)9-6-15-7-10(9)13(16)18-2/h3-5,9-10,15H,6-7H2,1-2H3/t9-,10+/m0/s1. The summed E-state index contributed by atoms with van der Waals surface area (Å²) >= 11 is 0. The predicted molar refractivity (Wildman–Crippen MR) is 64.1 cm³/mol. The molecule has 1 fully saturated rings. The molecule has 0 amide bonds. The van der Waals surface area contributed by atoms with E-state index in [1.54, 1.807) is 12.1 Å². The van der Waals surface area contributed by atoms with E-state index in [0.717, 1.165) is 5.56 Å². The number of nitrogens with one attached hydrogen (secondary N) is 1. The highest BCUT2D eigenvalue weighted by molar-refractivity contribution is 5.74. The molecule has 1 aromatic rings. The highest BCUT2D eigenvalue weighted by atomic mass is 19.1. The van der Waals surface area contributed by atoms with Crippen molar-refractivity contribution in [1.82, 2.24) is 5.32 Å². The molecule has 1 saturated heterocycles. The van der Waals surface area contributed by atoms with Gasteiger partial charge in [0.05, 0.1) is 20.1 Å². The van der Waals surface area contributed by atoms with Crippen LogP contribution in [0.15, 0.2) is 18.2 Å². The number of benzene rings is 1. The molecular weight excluding hydrogens is 237 g/mol. The first-order chi connectivity index (χ1) is 8.67. The topological polar surface area (TPSA) is 47.6 Å². The van der Waals surface area contributed by atoms with Gasteiger partial charge in [-0.05, 0) is 17.7 Å². The molecule has 0 aromatic heterocycles. The van der Waals surface area contributed by atoms with Crippen LogP contribution in [0.4, 0.5) is 4.39 Å². The number of carbonyl (C=O) groups is 1. The van der Waals surface area contributed by atoms with Crippen molar-refractivity contribution >= 4 is 5.97 Å². The molecule has 18 heavy (non-hydrogen) atoms. The Morgan fingerprint density at radius 1 is 1.39 bits per heavy atom. The van der Waals surface area contributed by atoms with Gasteiger partial charge in [0.1, 0.15) is 0 Å². The van der Waals surface area contributed by atoms with Gasteiger partial charge in [-0.1, -0.05) is 6.07 Å². The molecule has 0 unspecified atom stereocenters. The molecule has 0 spiro atoms. The summed E-state index contributed by atoms with van der Waals surface area (Å²) in [6.07, 6.45) is 0. The van der Waals surface area contributed by atoms with Crippen LogP contribution >= 0.6 is 0 Å². The van der Waals surface area contributed by atoms with E-state index < -0.39 is 5.82 Å². The molecule has 1 aromatic carbocycles. The van der Waals surface area contributed by atoms with E-state index in [9.17, 15) is 9.18 Å². The Morgan fingerprint density at radius 3 is 2.78 bits per heavy atom. The minimum atomic E-state index is -0.412. The summed E-state index contributed by atoms with van der Waals surface area (Å²) in [5, 5.41) is 3.13. The number of hydrogen-bond acceptors (Lipinski definition) is 4. The lowest BCUT2D eigenvalue weighted by Crippen LogP contribution is -2.23. The number of rotatable bonds is 3. The summed E-state index contributed by atoms with van der Waals surface area (Å²) in [6, 6.07) is 4.79. The Bertz CT molecular complexity index is 450. The molecule has 5 heteroatoms. The Hall–Kier alpha value is -1.62. The lowest BCUT2D eigenvalue weighted by atomic mass is 9.89. The van der Waals surface area contributed by atoms with Crippen LogP contribution in [0.25, 0.3) is 0 Å². The Balaban J connectivity index is 2.25. The molecule has 1 aliphatic heterocycles. The average molecular weight is 253 g/mol. The maximum atomic E-state index is 13.7. The molecule has 1 heterocycles. The maximum Gasteiger partial charge on any atom is 0.310 e. The fourth-order valence-corrected chi connectivity index (χ4v) is 2.34. The van der Waals surface area contributed by atoms with Gasteiger partial charge in [-0.15, -0.1) is 0 Å². The van der Waals surface area contributed by atoms with Crippen molar-refractivity contribution in [3.05, 3.63) is 29.6 Å². The second kappa shape index (κ2) is 5.35. The normalized spacial score (nSPS) is 22.8. The summed E-state index contributed by atoms with van der Waals surface area (Å²) in [6.45, 7) is 1.20. The maximum absolute atomic E-state index is 13.7. The van der Waals surface area contributed by atoms with Crippen LogP contribution in [-0.4, -0.2) is 33.3 Å². The van der Waals surface area contributed by atoms with E-state index >= 15 is 0 Å². The van der Waals surface area contributed by atoms with Gasteiger partial charge in [0, 0.05) is 19.0 Å². The van der Waals surface area contributed by atoms with E-state index in [1.165, 1.54) is 20.3 Å². The molecule has 0 radical (unpaired) electrons. The van der Waals surface area contributed by atoms with Crippen LogP contribution in [-0.2, 0) is 9.53 Å². The molecule has 1 aliphatic rings. The van der Waals surface area contributed by atoms with E-state index in [0.29, 0.717) is 13.1 Å². The zero-order chi connectivity index (χ0) is 13.1. The van der Waals surface area contributed by atoms with E-state index in [4.69, 9.17) is 9.47 Å². The zero-order valence-electron chi connectivity index (χ0n) is 10.4. The average Bonchev–Trinajstić information content (AvgIpc) is 2.86. The van der Waals surface area contributed by atoms with E-state index in [1.807, 2.05) is 0 Å². The van der Waals surface area contributed by atoms with Crippen molar-refractivity contribution < 1.29 is 18.7 Å². The first-order valence-electron chi connectivity index (χ1n) is 5.79. The van der Waals surface area contributed by atoms with Gasteiger partial charge in [0.2, 0.25) is 0 Å². The Morgan fingerprint density at radius 2 is 2.17 bits per heavy atom. The summed E-state index contributed by atoms with van der Waals surface area (Å²) < 4.78 is 23.3. The smallest absolute Gasteiger partial charge is 0.310 e. The lowest BCUT2D eigenvalue weighted by molar-refractivity contribution is -0.145. The summed E-state index contributed by atoms with van der Waals surface area (Å²) in [5.41, 5.74) is 0.786. The summed E-state index contributed by atoms with van der Waals surface area (Å²) in [5.74, 6) is -0.785. The monoisotopic (exact) mass is 253 g/mol. The van der Waals surface area contributed by atoms with Gasteiger partial charge in [0.25, 0.3) is 0 Å². The Kier molecular flexibility index (Phi) is 3.81. The van der Waals surface area contributed by atoms with E-state index in [2.05, 4.69) is 5.32 Å². The molecule has 98 valence electrons. The number of hydrogen-bond donors (Lipinski definition) is 1. The van der Waals surface area contributed by atoms with Crippen LogP contribution in [0.3, 0.4) is 0 Å². The third-order valence-electron chi connectivity index (χ3n) is 3.32. The van der Waals surface area contributed by atoms with Crippen molar-refractivity contribution in [2.24, 2.45) is 5.92 Å². The van der Waals surface area contributed by atoms with E-state index in [-0.39, 0.29) is 23.6 Å². The van der Waals surface area contributed by atoms with Gasteiger partial charge in [-0.2, -0.15) is 0 Å². The van der Waals surface area contributed by atoms with Crippen LogP contribution in [0, 0.1) is 11.7 Å². The highest BCUT2D eigenvalue weighted by Crippen LogP contribution is 2.31. The van der Waals surface area contributed by atoms with Crippen LogP contribution in [0.5, 0.6) is 5.75 Å². The second-order valence-electron chi connectivity index (χ2n) is 4.29. The number of ether oxygens (including phenoxy) is 2. The molecule has 2 atom stereocenters. The molecule has 0 saturated carbocycles. The minimum Gasteiger partial charge on any atom is -0.494 e. The SMILES string of the molecule is COC(=O)[C@@H]1CNC[C@H]1c1ccc(OC)c(F)c1. The van der Waals surface area contributed by atoms with Crippen molar-refractivity contribution in [2.75, 3.05) is 27.3 Å². The zero-order valence-corrected chi connectivity index (χ0v) is 10.4. The molecule has 0 bridgehead atoms. The van der Waals surface area contributed by atoms with Crippen molar-refractivity contribution in [2.45, 2.75) is 5.92 Å². The first kappa shape index (κ1) is 12.8. The van der Waals surface area contributed by atoms with Gasteiger partial charge in [0.15, 0.2) is 11.6 Å². The third-order valence-corrected chi connectivity index (χ3v) is 3.32. The lowest BCUT2D eigenvalue weighted by Gasteiger charge is -2.17. The number of carbonyl (C=O) groups excluding carboxylic acids is 1. The number of halogens is 1. The first-order valence-corrected chi connectivity index (χ1v) is 5.79. The van der Waals surface area contributed by atoms with Crippen LogP contribution < -0.4 is 10.1 Å². The molecule has 1 N–H and O–H groups in total. The third kappa shape index (κ3) is 2.31. The van der Waals surface area contributed by atoms with Crippen molar-refractivity contribution in [3.63, 3.8) is 0 Å². The number of esters is 1. The molecule has 0 aliphatic carbocycles. The Labute approximate surface area is 105 Å². The second-order valence-corrected chi connectivity index (χ2v) is 4.29. The van der Waals surface area contributed by atoms with Crippen LogP contribution in [0.2, 0.25) is 0 Å². The van der Waals surface area contributed by atoms with Gasteiger partial charge in [-0.3, -0.25) is 4.79 Å². The van der Waals surface area contributed by atoms with Gasteiger partial charge < -0.3 is 14.8 Å². The quantitative estimate of drug-likeness (QED) is 0.825. The van der Waals surface area contributed by atoms with Crippen LogP contribution in [0.1, 0.15) is 11.5 Å². The van der Waals surface area contributed by atoms with Gasteiger partial charge >= 0.3 is 5.97 Å². The fraction of sp³-hybridized carbons (Fsp3) is 0.462. The van der Waals surface area contributed by atoms with Crippen molar-refractivity contribution in [1.29, 1.82) is 0 Å². The minimum absolute atomic E-state index is 0.0575. The molecule has 2 rings (SSSR count).